The Morgan fingerprint density at radius 3 is 2.29 bits per heavy atom. The summed E-state index contributed by atoms with van der Waals surface area (Å²) in [7, 11) is 0. The van der Waals surface area contributed by atoms with Gasteiger partial charge in [-0.2, -0.15) is 0 Å². The van der Waals surface area contributed by atoms with Gasteiger partial charge in [-0.1, -0.05) is 52.0 Å². The van der Waals surface area contributed by atoms with Crippen molar-refractivity contribution in [1.82, 2.24) is 0 Å². The van der Waals surface area contributed by atoms with E-state index in [0.717, 1.165) is 11.3 Å². The maximum Gasteiger partial charge on any atom is 0.106 e. The van der Waals surface area contributed by atoms with E-state index in [4.69, 9.17) is 18.0 Å². The first kappa shape index (κ1) is 16.3. The molecule has 0 atom stereocenters. The molecule has 0 radical (unpaired) electrons. The number of hydrogen-bond donors (Lipinski definition) is 2. The summed E-state index contributed by atoms with van der Waals surface area (Å²) in [6, 6.07) is 6.61. The van der Waals surface area contributed by atoms with Crippen molar-refractivity contribution in [3.8, 4) is 0 Å². The van der Waals surface area contributed by atoms with Gasteiger partial charge in [0.05, 0.1) is 0 Å². The molecule has 0 spiro atoms. The Hall–Kier alpha value is -1.09. The summed E-state index contributed by atoms with van der Waals surface area (Å²) >= 11 is 5.20. The molecule has 0 aliphatic heterocycles. The Morgan fingerprint density at radius 1 is 1.19 bits per heavy atom. The average molecular weight is 305 g/mol. The first-order chi connectivity index (χ1) is 9.60. The van der Waals surface area contributed by atoms with Crippen LogP contribution in [0.5, 0.6) is 0 Å². The Labute approximate surface area is 134 Å². The van der Waals surface area contributed by atoms with Gasteiger partial charge in [-0.25, -0.2) is 0 Å². The number of nitrogens with one attached hydrogen (secondary N) is 1. The van der Waals surface area contributed by atoms with Crippen LogP contribution in [0, 0.1) is 17.8 Å². The minimum atomic E-state index is 0.367. The molecule has 1 aromatic carbocycles. The predicted octanol–water partition coefficient (Wildman–Crippen LogP) is 4.65. The number of rotatable bonds is 3. The van der Waals surface area contributed by atoms with E-state index in [1.165, 1.54) is 24.8 Å². The van der Waals surface area contributed by atoms with E-state index in [2.05, 4.69) is 46.0 Å². The molecule has 2 rings (SSSR count). The highest BCUT2D eigenvalue weighted by Crippen LogP contribution is 2.46. The highest BCUT2D eigenvalue weighted by Gasteiger charge is 2.38. The number of para-hydroxylation sites is 1. The minimum Gasteiger partial charge on any atom is -0.389 e. The zero-order valence-electron chi connectivity index (χ0n) is 13.9. The molecule has 0 unspecified atom stereocenters. The molecule has 0 aromatic heterocycles. The van der Waals surface area contributed by atoms with Crippen molar-refractivity contribution < 1.29 is 0 Å². The van der Waals surface area contributed by atoms with Crippen LogP contribution in [0.1, 0.15) is 58.1 Å². The SMILES string of the molecule is Cc1cccc(C(N)=S)c1NC1CC(C)(C)CC(C)(C)C1. The fourth-order valence-electron chi connectivity index (χ4n) is 4.22. The lowest BCUT2D eigenvalue weighted by Gasteiger charge is -2.45. The highest BCUT2D eigenvalue weighted by molar-refractivity contribution is 7.80. The molecule has 116 valence electrons. The summed E-state index contributed by atoms with van der Waals surface area (Å²) in [4.78, 5) is 0.468. The van der Waals surface area contributed by atoms with Crippen molar-refractivity contribution >= 4 is 22.9 Å². The highest BCUT2D eigenvalue weighted by atomic mass is 32.1. The Bertz CT molecular complexity index is 530. The van der Waals surface area contributed by atoms with Crippen LogP contribution < -0.4 is 11.1 Å². The minimum absolute atomic E-state index is 0.367. The molecule has 3 heteroatoms. The number of nitrogens with two attached hydrogens (primary N) is 1. The van der Waals surface area contributed by atoms with E-state index >= 15 is 0 Å². The molecule has 1 aliphatic carbocycles. The maximum absolute atomic E-state index is 5.89. The van der Waals surface area contributed by atoms with Crippen LogP contribution in [0.2, 0.25) is 0 Å². The molecule has 1 aliphatic rings. The van der Waals surface area contributed by atoms with E-state index in [9.17, 15) is 0 Å². The third kappa shape index (κ3) is 3.97. The number of anilines is 1. The monoisotopic (exact) mass is 304 g/mol. The Balaban J connectivity index is 2.28. The summed E-state index contributed by atoms with van der Waals surface area (Å²) < 4.78 is 0. The van der Waals surface area contributed by atoms with Crippen LogP contribution in [0.15, 0.2) is 18.2 Å². The molecule has 0 bridgehead atoms. The Morgan fingerprint density at radius 2 is 1.76 bits per heavy atom. The van der Waals surface area contributed by atoms with Gasteiger partial charge in [-0.3, -0.25) is 0 Å². The van der Waals surface area contributed by atoms with Crippen LogP contribution in [-0.4, -0.2) is 11.0 Å². The van der Waals surface area contributed by atoms with Gasteiger partial charge in [-0.15, -0.1) is 0 Å². The van der Waals surface area contributed by atoms with Gasteiger partial charge in [0.1, 0.15) is 4.99 Å². The summed E-state index contributed by atoms with van der Waals surface area (Å²) in [5.74, 6) is 0. The average Bonchev–Trinajstić information content (AvgIpc) is 2.27. The van der Waals surface area contributed by atoms with Crippen molar-refractivity contribution in [2.75, 3.05) is 5.32 Å². The number of benzene rings is 1. The molecule has 1 saturated carbocycles. The zero-order chi connectivity index (χ0) is 15.8. The quantitative estimate of drug-likeness (QED) is 0.799. The first-order valence-electron chi connectivity index (χ1n) is 7.76. The summed E-state index contributed by atoms with van der Waals surface area (Å²) in [5.41, 5.74) is 9.91. The smallest absolute Gasteiger partial charge is 0.106 e. The van der Waals surface area contributed by atoms with Crippen molar-refractivity contribution in [1.29, 1.82) is 0 Å². The van der Waals surface area contributed by atoms with Crippen molar-refractivity contribution in [2.24, 2.45) is 16.6 Å². The van der Waals surface area contributed by atoms with Gasteiger partial charge < -0.3 is 11.1 Å². The maximum atomic E-state index is 5.89. The van der Waals surface area contributed by atoms with Crippen molar-refractivity contribution in [3.63, 3.8) is 0 Å². The van der Waals surface area contributed by atoms with Gasteiger partial charge in [0.25, 0.3) is 0 Å². The molecule has 3 N–H and O–H groups in total. The van der Waals surface area contributed by atoms with E-state index in [0.29, 0.717) is 21.9 Å². The van der Waals surface area contributed by atoms with Gasteiger partial charge in [-0.05, 0) is 48.6 Å². The number of hydrogen-bond acceptors (Lipinski definition) is 2. The lowest BCUT2D eigenvalue weighted by atomic mass is 9.63. The summed E-state index contributed by atoms with van der Waals surface area (Å²) in [6.45, 7) is 11.6. The second-order valence-electron chi connectivity index (χ2n) is 8.12. The molecule has 0 amide bonds. The largest absolute Gasteiger partial charge is 0.389 e. The lowest BCUT2D eigenvalue weighted by Crippen LogP contribution is -2.40. The second-order valence-corrected chi connectivity index (χ2v) is 8.56. The van der Waals surface area contributed by atoms with E-state index in [1.807, 2.05) is 12.1 Å². The van der Waals surface area contributed by atoms with E-state index in [1.54, 1.807) is 0 Å². The molecule has 1 aromatic rings. The number of aryl methyl sites for hydroxylation is 1. The van der Waals surface area contributed by atoms with E-state index in [-0.39, 0.29) is 0 Å². The molecule has 1 fully saturated rings. The standard InChI is InChI=1S/C18H28N2S/c1-12-7-6-8-14(16(19)21)15(12)20-13-9-17(2,3)11-18(4,5)10-13/h6-8,13,20H,9-11H2,1-5H3,(H2,19,21). The molecule has 2 nitrogen and oxygen atoms in total. The van der Waals surface area contributed by atoms with Gasteiger partial charge >= 0.3 is 0 Å². The van der Waals surface area contributed by atoms with Crippen LogP contribution in [0.3, 0.4) is 0 Å². The van der Waals surface area contributed by atoms with Crippen molar-refractivity contribution in [3.05, 3.63) is 29.3 Å². The summed E-state index contributed by atoms with van der Waals surface area (Å²) in [5, 5.41) is 3.74. The second kappa shape index (κ2) is 5.60. The van der Waals surface area contributed by atoms with Crippen molar-refractivity contribution in [2.45, 2.75) is 59.9 Å². The van der Waals surface area contributed by atoms with Crippen LogP contribution in [0.4, 0.5) is 5.69 Å². The third-order valence-electron chi connectivity index (χ3n) is 4.44. The summed E-state index contributed by atoms with van der Waals surface area (Å²) in [6.07, 6.45) is 3.64. The first-order valence-corrected chi connectivity index (χ1v) is 8.16. The molecule has 21 heavy (non-hydrogen) atoms. The predicted molar refractivity (Wildman–Crippen MR) is 95.9 cm³/mol. The fraction of sp³-hybridized carbons (Fsp3) is 0.611. The fourth-order valence-corrected chi connectivity index (χ4v) is 4.39. The number of thiocarbonyl (C=S) groups is 1. The molecular weight excluding hydrogens is 276 g/mol. The van der Waals surface area contributed by atoms with Gasteiger partial charge in [0.15, 0.2) is 0 Å². The zero-order valence-corrected chi connectivity index (χ0v) is 14.7. The molecule has 0 heterocycles. The Kier molecular flexibility index (Phi) is 4.34. The van der Waals surface area contributed by atoms with Gasteiger partial charge in [0, 0.05) is 17.3 Å². The molecule has 0 saturated heterocycles. The molecular formula is C18H28N2S. The third-order valence-corrected chi connectivity index (χ3v) is 4.66. The van der Waals surface area contributed by atoms with Crippen LogP contribution in [0.25, 0.3) is 0 Å². The van der Waals surface area contributed by atoms with Crippen LogP contribution >= 0.6 is 12.2 Å². The van der Waals surface area contributed by atoms with Crippen LogP contribution in [-0.2, 0) is 0 Å². The van der Waals surface area contributed by atoms with E-state index < -0.39 is 0 Å². The topological polar surface area (TPSA) is 38.0 Å². The normalized spacial score (nSPS) is 21.0. The lowest BCUT2D eigenvalue weighted by molar-refractivity contribution is 0.105. The van der Waals surface area contributed by atoms with Gasteiger partial charge in [0.2, 0.25) is 0 Å².